The van der Waals surface area contributed by atoms with Gasteiger partial charge in [-0.05, 0) is 43.5 Å². The van der Waals surface area contributed by atoms with Crippen LogP contribution in [0.25, 0.3) is 0 Å². The summed E-state index contributed by atoms with van der Waals surface area (Å²) >= 11 is 0. The van der Waals surface area contributed by atoms with Crippen molar-refractivity contribution in [1.82, 2.24) is 9.88 Å². The minimum Gasteiger partial charge on any atom is -0.382 e. The second-order valence-corrected chi connectivity index (χ2v) is 4.84. The second-order valence-electron chi connectivity index (χ2n) is 4.84. The Morgan fingerprint density at radius 3 is 2.68 bits per heavy atom. The van der Waals surface area contributed by atoms with Crippen molar-refractivity contribution in [2.24, 2.45) is 0 Å². The van der Waals surface area contributed by atoms with Crippen LogP contribution in [0.1, 0.15) is 18.4 Å². The van der Waals surface area contributed by atoms with Gasteiger partial charge in [0.15, 0.2) is 6.10 Å². The van der Waals surface area contributed by atoms with E-state index in [9.17, 15) is 18.3 Å². The van der Waals surface area contributed by atoms with E-state index in [2.05, 4.69) is 4.98 Å². The van der Waals surface area contributed by atoms with E-state index in [1.54, 1.807) is 17.3 Å². The number of alkyl halides is 3. The summed E-state index contributed by atoms with van der Waals surface area (Å²) in [5, 5.41) is 9.38. The molecule has 1 aromatic heterocycles. The number of likely N-dealkylation sites (tertiary alicyclic amines) is 1. The molecule has 0 spiro atoms. The van der Waals surface area contributed by atoms with E-state index in [0.29, 0.717) is 32.4 Å². The minimum atomic E-state index is -4.54. The molecule has 2 atom stereocenters. The number of nitrogens with zero attached hydrogens (tertiary/aromatic N) is 2. The van der Waals surface area contributed by atoms with E-state index in [-0.39, 0.29) is 0 Å². The summed E-state index contributed by atoms with van der Waals surface area (Å²) in [6.07, 6.45) is -1.67. The highest BCUT2D eigenvalue weighted by atomic mass is 19.4. The number of rotatable bonds is 4. The molecule has 106 valence electrons. The molecule has 0 aromatic carbocycles. The van der Waals surface area contributed by atoms with Crippen molar-refractivity contribution in [3.8, 4) is 0 Å². The molecule has 1 saturated heterocycles. The maximum Gasteiger partial charge on any atom is 0.415 e. The van der Waals surface area contributed by atoms with E-state index in [4.69, 9.17) is 0 Å². The highest BCUT2D eigenvalue weighted by Gasteiger charge is 2.46. The summed E-state index contributed by atoms with van der Waals surface area (Å²) in [7, 11) is 0. The molecular formula is C13H17F3N2O. The highest BCUT2D eigenvalue weighted by molar-refractivity contribution is 5.10. The van der Waals surface area contributed by atoms with Gasteiger partial charge in [-0.1, -0.05) is 0 Å². The van der Waals surface area contributed by atoms with E-state index >= 15 is 0 Å². The van der Waals surface area contributed by atoms with Crippen LogP contribution in [0.5, 0.6) is 0 Å². The Morgan fingerprint density at radius 1 is 1.37 bits per heavy atom. The van der Waals surface area contributed by atoms with Crippen LogP contribution in [0.15, 0.2) is 24.5 Å². The average molecular weight is 274 g/mol. The summed E-state index contributed by atoms with van der Waals surface area (Å²) in [4.78, 5) is 5.63. The molecule has 2 rings (SSSR count). The first-order valence-corrected chi connectivity index (χ1v) is 6.36. The number of aliphatic hydroxyl groups is 1. The molecule has 6 heteroatoms. The van der Waals surface area contributed by atoms with Gasteiger partial charge in [0.25, 0.3) is 0 Å². The largest absolute Gasteiger partial charge is 0.415 e. The Morgan fingerprint density at radius 2 is 2.05 bits per heavy atom. The molecule has 0 bridgehead atoms. The molecule has 19 heavy (non-hydrogen) atoms. The lowest BCUT2D eigenvalue weighted by Gasteiger charge is -2.29. The summed E-state index contributed by atoms with van der Waals surface area (Å²) in [6.45, 7) is 1.14. The van der Waals surface area contributed by atoms with Gasteiger partial charge < -0.3 is 5.11 Å². The molecule has 3 nitrogen and oxygen atoms in total. The SMILES string of the molecule is OC(C1CCCN1CCc1ccncc1)C(F)(F)F. The van der Waals surface area contributed by atoms with Crippen LogP contribution in [-0.2, 0) is 6.42 Å². The van der Waals surface area contributed by atoms with Gasteiger partial charge in [-0.2, -0.15) is 13.2 Å². The number of hydrogen-bond donors (Lipinski definition) is 1. The lowest BCUT2D eigenvalue weighted by Crippen LogP contribution is -2.47. The van der Waals surface area contributed by atoms with Gasteiger partial charge in [-0.3, -0.25) is 9.88 Å². The average Bonchev–Trinajstić information content (AvgIpc) is 2.83. The fraction of sp³-hybridized carbons (Fsp3) is 0.615. The Bertz CT molecular complexity index is 397. The predicted molar refractivity (Wildman–Crippen MR) is 64.6 cm³/mol. The first-order valence-electron chi connectivity index (χ1n) is 6.36. The molecule has 0 saturated carbocycles. The molecule has 0 amide bonds. The third-order valence-corrected chi connectivity index (χ3v) is 3.55. The number of aliphatic hydroxyl groups excluding tert-OH is 1. The molecule has 1 aromatic rings. The third kappa shape index (κ3) is 3.67. The molecular weight excluding hydrogens is 257 g/mol. The Kier molecular flexibility index (Phi) is 4.42. The number of hydrogen-bond acceptors (Lipinski definition) is 3. The Labute approximate surface area is 110 Å². The Hall–Kier alpha value is -1.14. The van der Waals surface area contributed by atoms with Crippen LogP contribution in [-0.4, -0.2) is 46.4 Å². The first kappa shape index (κ1) is 14.3. The third-order valence-electron chi connectivity index (χ3n) is 3.55. The zero-order valence-corrected chi connectivity index (χ0v) is 10.5. The summed E-state index contributed by atoms with van der Waals surface area (Å²) < 4.78 is 37.7. The van der Waals surface area contributed by atoms with Crippen molar-refractivity contribution >= 4 is 0 Å². The molecule has 1 fully saturated rings. The quantitative estimate of drug-likeness (QED) is 0.912. The Balaban J connectivity index is 1.92. The fourth-order valence-electron chi connectivity index (χ4n) is 2.53. The fourth-order valence-corrected chi connectivity index (χ4v) is 2.53. The molecule has 0 radical (unpaired) electrons. The van der Waals surface area contributed by atoms with Gasteiger partial charge >= 0.3 is 6.18 Å². The monoisotopic (exact) mass is 274 g/mol. The van der Waals surface area contributed by atoms with E-state index in [0.717, 1.165) is 5.56 Å². The molecule has 2 unspecified atom stereocenters. The molecule has 1 aliphatic heterocycles. The van der Waals surface area contributed by atoms with Gasteiger partial charge in [-0.25, -0.2) is 0 Å². The van der Waals surface area contributed by atoms with Crippen molar-refractivity contribution in [1.29, 1.82) is 0 Å². The summed E-state index contributed by atoms with van der Waals surface area (Å²) in [5.41, 5.74) is 1.04. The standard InChI is InChI=1S/C13H17F3N2O/c14-13(15,16)12(19)11-2-1-8-18(11)9-5-10-3-6-17-7-4-10/h3-4,6-7,11-12,19H,1-2,5,8-9H2. The van der Waals surface area contributed by atoms with Crippen LogP contribution < -0.4 is 0 Å². The normalized spacial score (nSPS) is 22.6. The van der Waals surface area contributed by atoms with Gasteiger partial charge in [0.2, 0.25) is 0 Å². The zero-order valence-electron chi connectivity index (χ0n) is 10.5. The van der Waals surface area contributed by atoms with Crippen LogP contribution in [0, 0.1) is 0 Å². The first-order chi connectivity index (χ1) is 8.98. The zero-order chi connectivity index (χ0) is 13.9. The maximum atomic E-state index is 12.6. The van der Waals surface area contributed by atoms with Crippen molar-refractivity contribution in [3.05, 3.63) is 30.1 Å². The lowest BCUT2D eigenvalue weighted by atomic mass is 10.1. The van der Waals surface area contributed by atoms with Gasteiger partial charge in [0.1, 0.15) is 0 Å². The van der Waals surface area contributed by atoms with Gasteiger partial charge in [-0.15, -0.1) is 0 Å². The van der Waals surface area contributed by atoms with Crippen LogP contribution in [0.3, 0.4) is 0 Å². The van der Waals surface area contributed by atoms with Crippen molar-refractivity contribution in [2.75, 3.05) is 13.1 Å². The number of halogens is 3. The van der Waals surface area contributed by atoms with Crippen LogP contribution in [0.2, 0.25) is 0 Å². The second kappa shape index (κ2) is 5.88. The molecule has 0 aliphatic carbocycles. The molecule has 2 heterocycles. The number of aromatic nitrogens is 1. The summed E-state index contributed by atoms with van der Waals surface area (Å²) in [5.74, 6) is 0. The smallest absolute Gasteiger partial charge is 0.382 e. The molecule has 1 aliphatic rings. The maximum absolute atomic E-state index is 12.6. The minimum absolute atomic E-state index is 0.400. The topological polar surface area (TPSA) is 36.4 Å². The van der Waals surface area contributed by atoms with Crippen LogP contribution in [0.4, 0.5) is 13.2 Å². The van der Waals surface area contributed by atoms with E-state index < -0.39 is 18.3 Å². The van der Waals surface area contributed by atoms with E-state index in [1.165, 1.54) is 0 Å². The van der Waals surface area contributed by atoms with Gasteiger partial charge in [0, 0.05) is 25.0 Å². The van der Waals surface area contributed by atoms with Gasteiger partial charge in [0.05, 0.1) is 0 Å². The van der Waals surface area contributed by atoms with Crippen molar-refractivity contribution < 1.29 is 18.3 Å². The predicted octanol–water partition coefficient (Wildman–Crippen LogP) is 2.01. The van der Waals surface area contributed by atoms with Crippen molar-refractivity contribution in [2.45, 2.75) is 37.6 Å². The number of pyridine rings is 1. The summed E-state index contributed by atoms with van der Waals surface area (Å²) in [6, 6.07) is 2.90. The molecule has 1 N–H and O–H groups in total. The van der Waals surface area contributed by atoms with E-state index in [1.807, 2.05) is 12.1 Å². The van der Waals surface area contributed by atoms with Crippen molar-refractivity contribution in [3.63, 3.8) is 0 Å². The highest BCUT2D eigenvalue weighted by Crippen LogP contribution is 2.30. The van der Waals surface area contributed by atoms with Crippen LogP contribution >= 0.6 is 0 Å². The lowest BCUT2D eigenvalue weighted by molar-refractivity contribution is -0.219.